The summed E-state index contributed by atoms with van der Waals surface area (Å²) in [5.41, 5.74) is 0.973. The van der Waals surface area contributed by atoms with E-state index in [0.717, 1.165) is 36.5 Å². The van der Waals surface area contributed by atoms with Gasteiger partial charge in [-0.25, -0.2) is 4.98 Å². The Morgan fingerprint density at radius 3 is 3.14 bits per heavy atom. The SMILES string of the molecule is CCCCc1nc(CN2CCNC(=O)C2CC(=O)OC)cs1. The van der Waals surface area contributed by atoms with E-state index in [1.54, 1.807) is 11.3 Å². The minimum atomic E-state index is -0.470. The number of unbranched alkanes of at least 4 members (excludes halogenated alkanes) is 1. The Morgan fingerprint density at radius 2 is 2.41 bits per heavy atom. The maximum atomic E-state index is 12.0. The van der Waals surface area contributed by atoms with Crippen molar-refractivity contribution in [3.05, 3.63) is 16.1 Å². The largest absolute Gasteiger partial charge is 0.469 e. The first-order valence-corrected chi connectivity index (χ1v) is 8.53. The highest BCUT2D eigenvalue weighted by atomic mass is 32.1. The number of esters is 1. The van der Waals surface area contributed by atoms with Crippen molar-refractivity contribution in [1.82, 2.24) is 15.2 Å². The molecular formula is C15H23N3O3S. The Bertz CT molecular complexity index is 518. The van der Waals surface area contributed by atoms with Gasteiger partial charge in [-0.15, -0.1) is 11.3 Å². The Kier molecular flexibility index (Phi) is 6.33. The quantitative estimate of drug-likeness (QED) is 0.766. The lowest BCUT2D eigenvalue weighted by molar-refractivity contribution is -0.146. The van der Waals surface area contributed by atoms with Crippen LogP contribution < -0.4 is 5.32 Å². The van der Waals surface area contributed by atoms with Gasteiger partial charge in [0.25, 0.3) is 0 Å². The third-order valence-corrected chi connectivity index (χ3v) is 4.70. The van der Waals surface area contributed by atoms with Gasteiger partial charge in [0.05, 0.1) is 24.2 Å². The van der Waals surface area contributed by atoms with E-state index in [-0.39, 0.29) is 18.3 Å². The van der Waals surface area contributed by atoms with Gasteiger partial charge in [0.2, 0.25) is 5.91 Å². The fourth-order valence-corrected chi connectivity index (χ4v) is 3.32. The zero-order valence-electron chi connectivity index (χ0n) is 13.1. The lowest BCUT2D eigenvalue weighted by atomic mass is 10.1. The van der Waals surface area contributed by atoms with Crippen LogP contribution in [0.1, 0.15) is 36.9 Å². The normalized spacial score (nSPS) is 19.0. The Balaban J connectivity index is 2.00. The Hall–Kier alpha value is -1.47. The molecule has 2 rings (SSSR count). The molecular weight excluding hydrogens is 302 g/mol. The third-order valence-electron chi connectivity index (χ3n) is 3.74. The van der Waals surface area contributed by atoms with Crippen molar-refractivity contribution in [2.45, 2.75) is 45.2 Å². The predicted octanol–water partition coefficient (Wildman–Crippen LogP) is 1.35. The molecule has 122 valence electrons. The number of aromatic nitrogens is 1. The Morgan fingerprint density at radius 1 is 1.59 bits per heavy atom. The van der Waals surface area contributed by atoms with E-state index >= 15 is 0 Å². The molecule has 1 saturated heterocycles. The molecule has 1 N–H and O–H groups in total. The number of hydrogen-bond donors (Lipinski definition) is 1. The van der Waals surface area contributed by atoms with Crippen molar-refractivity contribution in [3.63, 3.8) is 0 Å². The first kappa shape index (κ1) is 16.9. The molecule has 0 aliphatic carbocycles. The van der Waals surface area contributed by atoms with Crippen molar-refractivity contribution in [1.29, 1.82) is 0 Å². The number of rotatable bonds is 7. The molecule has 1 aliphatic rings. The predicted molar refractivity (Wildman–Crippen MR) is 84.6 cm³/mol. The topological polar surface area (TPSA) is 71.5 Å². The van der Waals surface area contributed by atoms with Crippen molar-refractivity contribution >= 4 is 23.2 Å². The second-order valence-corrected chi connectivity index (χ2v) is 6.34. The van der Waals surface area contributed by atoms with Crippen LogP contribution >= 0.6 is 11.3 Å². The van der Waals surface area contributed by atoms with Gasteiger partial charge in [-0.2, -0.15) is 0 Å². The zero-order valence-corrected chi connectivity index (χ0v) is 13.9. The summed E-state index contributed by atoms with van der Waals surface area (Å²) in [7, 11) is 1.34. The summed E-state index contributed by atoms with van der Waals surface area (Å²) < 4.78 is 4.69. The minimum absolute atomic E-state index is 0.0785. The maximum Gasteiger partial charge on any atom is 0.307 e. The molecule has 1 aromatic rings. The van der Waals surface area contributed by atoms with Crippen LogP contribution in [0.25, 0.3) is 0 Å². The van der Waals surface area contributed by atoms with Crippen LogP contribution in [0.4, 0.5) is 0 Å². The molecule has 1 aliphatic heterocycles. The molecule has 22 heavy (non-hydrogen) atoms. The van der Waals surface area contributed by atoms with Crippen LogP contribution in [0.2, 0.25) is 0 Å². The first-order valence-electron chi connectivity index (χ1n) is 7.66. The molecule has 0 bridgehead atoms. The number of ether oxygens (including phenoxy) is 1. The molecule has 1 fully saturated rings. The van der Waals surface area contributed by atoms with Gasteiger partial charge in [-0.05, 0) is 12.8 Å². The van der Waals surface area contributed by atoms with E-state index in [1.807, 2.05) is 10.3 Å². The number of aryl methyl sites for hydroxylation is 1. The third kappa shape index (κ3) is 4.51. The molecule has 1 atom stereocenters. The summed E-state index contributed by atoms with van der Waals surface area (Å²) >= 11 is 1.67. The van der Waals surface area contributed by atoms with Crippen LogP contribution in [0.5, 0.6) is 0 Å². The summed E-state index contributed by atoms with van der Waals surface area (Å²) in [5.74, 6) is -0.480. The Labute approximate surface area is 134 Å². The van der Waals surface area contributed by atoms with E-state index in [0.29, 0.717) is 13.1 Å². The van der Waals surface area contributed by atoms with Gasteiger partial charge in [0, 0.05) is 25.0 Å². The van der Waals surface area contributed by atoms with Crippen LogP contribution in [-0.2, 0) is 27.3 Å². The summed E-state index contributed by atoms with van der Waals surface area (Å²) in [6.07, 6.45) is 3.38. The van der Waals surface area contributed by atoms with E-state index in [4.69, 9.17) is 0 Å². The molecule has 0 saturated carbocycles. The molecule has 0 spiro atoms. The molecule has 1 amide bonds. The van der Waals surface area contributed by atoms with Crippen molar-refractivity contribution in [2.75, 3.05) is 20.2 Å². The summed E-state index contributed by atoms with van der Waals surface area (Å²) in [6, 6.07) is -0.470. The molecule has 0 radical (unpaired) electrons. The van der Waals surface area contributed by atoms with Crippen LogP contribution in [0, 0.1) is 0 Å². The number of hydrogen-bond acceptors (Lipinski definition) is 6. The first-order chi connectivity index (χ1) is 10.6. The smallest absolute Gasteiger partial charge is 0.307 e. The maximum absolute atomic E-state index is 12.0. The van der Waals surface area contributed by atoms with E-state index in [1.165, 1.54) is 7.11 Å². The zero-order chi connectivity index (χ0) is 15.9. The van der Waals surface area contributed by atoms with E-state index < -0.39 is 6.04 Å². The van der Waals surface area contributed by atoms with Gasteiger partial charge >= 0.3 is 5.97 Å². The second kappa shape index (κ2) is 8.24. The van der Waals surface area contributed by atoms with Gasteiger partial charge in [0.1, 0.15) is 6.04 Å². The number of nitrogens with one attached hydrogen (secondary N) is 1. The second-order valence-electron chi connectivity index (χ2n) is 5.39. The number of carbonyl (C=O) groups is 2. The lowest BCUT2D eigenvalue weighted by Crippen LogP contribution is -2.55. The van der Waals surface area contributed by atoms with Crippen molar-refractivity contribution in [2.24, 2.45) is 0 Å². The molecule has 6 nitrogen and oxygen atoms in total. The van der Waals surface area contributed by atoms with E-state index in [9.17, 15) is 9.59 Å². The highest BCUT2D eigenvalue weighted by molar-refractivity contribution is 7.09. The average molecular weight is 325 g/mol. The molecule has 2 heterocycles. The standard InChI is InChI=1S/C15H23N3O3S/c1-3-4-5-13-17-11(10-22-13)9-18-7-6-16-15(20)12(18)8-14(19)21-2/h10,12H,3-9H2,1-2H3,(H,16,20). The lowest BCUT2D eigenvalue weighted by Gasteiger charge is -2.33. The van der Waals surface area contributed by atoms with Gasteiger partial charge in [-0.3, -0.25) is 14.5 Å². The van der Waals surface area contributed by atoms with Crippen molar-refractivity contribution < 1.29 is 14.3 Å². The molecule has 1 aromatic heterocycles. The molecule has 1 unspecified atom stereocenters. The summed E-state index contributed by atoms with van der Waals surface area (Å²) in [5, 5.41) is 5.99. The number of piperazine rings is 1. The van der Waals surface area contributed by atoms with Crippen LogP contribution in [0.15, 0.2) is 5.38 Å². The van der Waals surface area contributed by atoms with Gasteiger partial charge in [-0.1, -0.05) is 13.3 Å². The number of nitrogens with zero attached hydrogens (tertiary/aromatic N) is 2. The van der Waals surface area contributed by atoms with Crippen molar-refractivity contribution in [3.8, 4) is 0 Å². The summed E-state index contributed by atoms with van der Waals surface area (Å²) in [6.45, 7) is 4.08. The van der Waals surface area contributed by atoms with Gasteiger partial charge < -0.3 is 10.1 Å². The van der Waals surface area contributed by atoms with Gasteiger partial charge in [0.15, 0.2) is 0 Å². The average Bonchev–Trinajstić information content (AvgIpc) is 2.96. The monoisotopic (exact) mass is 325 g/mol. The number of carbonyl (C=O) groups excluding carboxylic acids is 2. The number of amides is 1. The number of methoxy groups -OCH3 is 1. The fourth-order valence-electron chi connectivity index (χ4n) is 2.49. The fraction of sp³-hybridized carbons (Fsp3) is 0.667. The minimum Gasteiger partial charge on any atom is -0.469 e. The summed E-state index contributed by atoms with van der Waals surface area (Å²) in [4.78, 5) is 30.2. The van der Waals surface area contributed by atoms with Crippen LogP contribution in [0.3, 0.4) is 0 Å². The van der Waals surface area contributed by atoms with Crippen LogP contribution in [-0.4, -0.2) is 48.0 Å². The molecule has 7 heteroatoms. The van der Waals surface area contributed by atoms with E-state index in [2.05, 4.69) is 22.0 Å². The molecule has 0 aromatic carbocycles. The highest BCUT2D eigenvalue weighted by Gasteiger charge is 2.32. The highest BCUT2D eigenvalue weighted by Crippen LogP contribution is 2.18. The number of thiazole rings is 1.